The molecule has 1 aliphatic rings. The van der Waals surface area contributed by atoms with Gasteiger partial charge in [0.05, 0.1) is 5.56 Å². The van der Waals surface area contributed by atoms with Crippen molar-refractivity contribution in [3.8, 4) is 0 Å². The third kappa shape index (κ3) is 2.17. The normalized spacial score (nSPS) is 23.4. The van der Waals surface area contributed by atoms with Gasteiger partial charge in [-0.05, 0) is 25.3 Å². The Morgan fingerprint density at radius 3 is 2.50 bits per heavy atom. The number of benzene rings is 1. The Bertz CT molecular complexity index is 490. The molecule has 2 rings (SSSR count). The van der Waals surface area contributed by atoms with Crippen LogP contribution in [-0.4, -0.2) is 23.4 Å². The third-order valence-corrected chi connectivity index (χ3v) is 3.37. The molecular weight excluding hydrogens is 238 g/mol. The van der Waals surface area contributed by atoms with Gasteiger partial charge in [0.15, 0.2) is 11.6 Å². The first-order valence-electron chi connectivity index (χ1n) is 5.95. The van der Waals surface area contributed by atoms with E-state index in [0.717, 1.165) is 18.6 Å². The first-order valence-corrected chi connectivity index (χ1v) is 5.95. The van der Waals surface area contributed by atoms with Gasteiger partial charge in [-0.3, -0.25) is 4.79 Å². The summed E-state index contributed by atoms with van der Waals surface area (Å²) in [5, 5.41) is 0. The van der Waals surface area contributed by atoms with Crippen molar-refractivity contribution in [2.75, 3.05) is 12.3 Å². The molecule has 2 unspecified atom stereocenters. The van der Waals surface area contributed by atoms with E-state index >= 15 is 0 Å². The Hall–Kier alpha value is -1.65. The molecule has 0 aliphatic carbocycles. The van der Waals surface area contributed by atoms with E-state index in [4.69, 9.17) is 5.73 Å². The summed E-state index contributed by atoms with van der Waals surface area (Å²) in [6.45, 7) is 4.62. The maximum absolute atomic E-state index is 13.2. The van der Waals surface area contributed by atoms with Crippen molar-refractivity contribution in [1.82, 2.24) is 4.90 Å². The predicted octanol–water partition coefficient (Wildman–Crippen LogP) is 2.42. The monoisotopic (exact) mass is 254 g/mol. The number of hydrogen-bond donors (Lipinski definition) is 1. The van der Waals surface area contributed by atoms with Crippen LogP contribution in [0.25, 0.3) is 0 Å². The summed E-state index contributed by atoms with van der Waals surface area (Å²) < 4.78 is 26.1. The van der Waals surface area contributed by atoms with E-state index in [0.29, 0.717) is 12.5 Å². The zero-order valence-electron chi connectivity index (χ0n) is 10.4. The Morgan fingerprint density at radius 2 is 1.94 bits per heavy atom. The van der Waals surface area contributed by atoms with Crippen molar-refractivity contribution in [1.29, 1.82) is 0 Å². The highest BCUT2D eigenvalue weighted by Crippen LogP contribution is 2.26. The van der Waals surface area contributed by atoms with E-state index in [1.165, 1.54) is 0 Å². The Labute approximate surface area is 105 Å². The second-order valence-electron chi connectivity index (χ2n) is 5.00. The fraction of sp³-hybridized carbons (Fsp3) is 0.462. The molecule has 1 aromatic carbocycles. The van der Waals surface area contributed by atoms with Gasteiger partial charge in [-0.15, -0.1) is 0 Å². The number of nitrogens with zero attached hydrogens (tertiary/aromatic N) is 1. The van der Waals surface area contributed by atoms with E-state index in [2.05, 4.69) is 6.92 Å². The van der Waals surface area contributed by atoms with Crippen molar-refractivity contribution in [2.45, 2.75) is 26.3 Å². The molecule has 5 heteroatoms. The molecule has 0 saturated carbocycles. The number of rotatable bonds is 1. The zero-order valence-corrected chi connectivity index (χ0v) is 10.4. The Kier molecular flexibility index (Phi) is 3.24. The quantitative estimate of drug-likeness (QED) is 0.782. The van der Waals surface area contributed by atoms with Crippen LogP contribution in [0.5, 0.6) is 0 Å². The molecule has 0 radical (unpaired) electrons. The highest BCUT2D eigenvalue weighted by Gasteiger charge is 2.31. The van der Waals surface area contributed by atoms with E-state index in [1.54, 1.807) is 4.90 Å². The van der Waals surface area contributed by atoms with Crippen molar-refractivity contribution in [3.63, 3.8) is 0 Å². The van der Waals surface area contributed by atoms with Crippen LogP contribution in [0.15, 0.2) is 12.1 Å². The van der Waals surface area contributed by atoms with Crippen LogP contribution < -0.4 is 5.73 Å². The summed E-state index contributed by atoms with van der Waals surface area (Å²) in [6, 6.07) is 1.83. The molecule has 18 heavy (non-hydrogen) atoms. The molecule has 98 valence electrons. The van der Waals surface area contributed by atoms with Gasteiger partial charge in [0.2, 0.25) is 0 Å². The first kappa shape index (κ1) is 12.8. The van der Waals surface area contributed by atoms with Gasteiger partial charge in [-0.25, -0.2) is 8.78 Å². The molecule has 0 bridgehead atoms. The van der Waals surface area contributed by atoms with Gasteiger partial charge in [0.1, 0.15) is 0 Å². The minimum absolute atomic E-state index is 0.0225. The van der Waals surface area contributed by atoms with Crippen LogP contribution in [0.4, 0.5) is 14.5 Å². The number of amides is 1. The van der Waals surface area contributed by atoms with Crippen LogP contribution in [-0.2, 0) is 0 Å². The lowest BCUT2D eigenvalue weighted by atomic mass is 10.1. The molecule has 1 saturated heterocycles. The fourth-order valence-electron chi connectivity index (χ4n) is 2.49. The fourth-order valence-corrected chi connectivity index (χ4v) is 2.49. The van der Waals surface area contributed by atoms with E-state index in [1.807, 2.05) is 6.92 Å². The number of nitrogens with two attached hydrogens (primary N) is 1. The Morgan fingerprint density at radius 1 is 1.33 bits per heavy atom. The molecule has 2 N–H and O–H groups in total. The maximum atomic E-state index is 13.2. The third-order valence-electron chi connectivity index (χ3n) is 3.37. The second-order valence-corrected chi connectivity index (χ2v) is 5.00. The highest BCUT2D eigenvalue weighted by atomic mass is 19.2. The lowest BCUT2D eigenvalue weighted by Gasteiger charge is -2.22. The van der Waals surface area contributed by atoms with E-state index < -0.39 is 11.6 Å². The summed E-state index contributed by atoms with van der Waals surface area (Å²) in [7, 11) is 0. The smallest absolute Gasteiger partial charge is 0.256 e. The summed E-state index contributed by atoms with van der Waals surface area (Å²) in [4.78, 5) is 13.9. The van der Waals surface area contributed by atoms with E-state index in [9.17, 15) is 13.6 Å². The van der Waals surface area contributed by atoms with Gasteiger partial charge in [-0.2, -0.15) is 0 Å². The van der Waals surface area contributed by atoms with Crippen molar-refractivity contribution >= 4 is 11.6 Å². The summed E-state index contributed by atoms with van der Waals surface area (Å²) in [6.07, 6.45) is 0.912. The van der Waals surface area contributed by atoms with Gasteiger partial charge < -0.3 is 10.6 Å². The molecule has 0 spiro atoms. The number of halogens is 2. The van der Waals surface area contributed by atoms with Gasteiger partial charge in [0.25, 0.3) is 5.91 Å². The molecule has 1 heterocycles. The molecule has 1 aliphatic heterocycles. The number of anilines is 1. The Balaban J connectivity index is 2.32. The largest absolute Gasteiger partial charge is 0.398 e. The number of likely N-dealkylation sites (tertiary alicyclic amines) is 1. The van der Waals surface area contributed by atoms with Crippen LogP contribution in [0.2, 0.25) is 0 Å². The minimum Gasteiger partial charge on any atom is -0.398 e. The molecule has 0 aromatic heterocycles. The number of carbonyl (C=O) groups excluding carboxylic acids is 1. The standard InChI is InChI=1S/C13H16F2N2O/c1-7-3-8(2)17(6-7)13(18)9-4-10(14)11(15)5-12(9)16/h4-5,7-8H,3,6,16H2,1-2H3. The minimum atomic E-state index is -1.05. The van der Waals surface area contributed by atoms with Gasteiger partial charge >= 0.3 is 0 Å². The van der Waals surface area contributed by atoms with Crippen molar-refractivity contribution in [2.24, 2.45) is 5.92 Å². The molecule has 1 aromatic rings. The summed E-state index contributed by atoms with van der Waals surface area (Å²) in [5.74, 6) is -2.00. The molecule has 2 atom stereocenters. The number of carbonyl (C=O) groups is 1. The molecule has 1 fully saturated rings. The first-order chi connectivity index (χ1) is 8.40. The van der Waals surface area contributed by atoms with Gasteiger partial charge in [-0.1, -0.05) is 6.92 Å². The average molecular weight is 254 g/mol. The van der Waals surface area contributed by atoms with Crippen LogP contribution in [0.3, 0.4) is 0 Å². The summed E-state index contributed by atoms with van der Waals surface area (Å²) >= 11 is 0. The number of hydrogen-bond acceptors (Lipinski definition) is 2. The zero-order chi connectivity index (χ0) is 13.4. The summed E-state index contributed by atoms with van der Waals surface area (Å²) in [5.41, 5.74) is 5.60. The average Bonchev–Trinajstić information content (AvgIpc) is 2.62. The molecular formula is C13H16F2N2O. The number of nitrogen functional groups attached to an aromatic ring is 1. The lowest BCUT2D eigenvalue weighted by Crippen LogP contribution is -2.34. The second kappa shape index (κ2) is 4.55. The molecule has 3 nitrogen and oxygen atoms in total. The van der Waals surface area contributed by atoms with Crippen LogP contribution in [0.1, 0.15) is 30.6 Å². The van der Waals surface area contributed by atoms with Crippen molar-refractivity contribution < 1.29 is 13.6 Å². The van der Waals surface area contributed by atoms with Crippen LogP contribution >= 0.6 is 0 Å². The lowest BCUT2D eigenvalue weighted by molar-refractivity contribution is 0.0744. The van der Waals surface area contributed by atoms with Crippen molar-refractivity contribution in [3.05, 3.63) is 29.3 Å². The maximum Gasteiger partial charge on any atom is 0.256 e. The molecule has 1 amide bonds. The van der Waals surface area contributed by atoms with Gasteiger partial charge in [0, 0.05) is 24.3 Å². The van der Waals surface area contributed by atoms with E-state index in [-0.39, 0.29) is 23.2 Å². The predicted molar refractivity (Wildman–Crippen MR) is 65.0 cm³/mol. The highest BCUT2D eigenvalue weighted by molar-refractivity contribution is 5.99. The van der Waals surface area contributed by atoms with Crippen LogP contribution in [0, 0.1) is 17.6 Å². The SMILES string of the molecule is CC1CC(C)N(C(=O)c2cc(F)c(F)cc2N)C1. The topological polar surface area (TPSA) is 46.3 Å².